The summed E-state index contributed by atoms with van der Waals surface area (Å²) < 4.78 is 247. The minimum absolute atomic E-state index is 0.0632. The molecule has 8 aromatic carbocycles. The van der Waals surface area contributed by atoms with Gasteiger partial charge in [-0.15, -0.1) is 0 Å². The van der Waals surface area contributed by atoms with Gasteiger partial charge < -0.3 is 4.90 Å². The second-order valence-electron chi connectivity index (χ2n) is 13.2. The van der Waals surface area contributed by atoms with Crippen LogP contribution in [0.3, 0.4) is 0 Å². The van der Waals surface area contributed by atoms with E-state index in [9.17, 15) is 16.4 Å². The van der Waals surface area contributed by atoms with Gasteiger partial charge in [-0.1, -0.05) is 165 Å². The van der Waals surface area contributed by atoms with E-state index < -0.39 is 202 Å². The summed E-state index contributed by atoms with van der Waals surface area (Å²) in [5.41, 5.74) is -9.86. The van der Waals surface area contributed by atoms with Gasteiger partial charge in [-0.25, -0.2) is 0 Å². The summed E-state index contributed by atoms with van der Waals surface area (Å²) in [5, 5.41) is 0. The second-order valence-corrected chi connectivity index (χ2v) is 13.2. The van der Waals surface area contributed by atoms with Gasteiger partial charge in [-0.2, -0.15) is 0 Å². The molecule has 0 radical (unpaired) electrons. The van der Waals surface area contributed by atoms with E-state index in [-0.39, 0.29) is 66.8 Å². The summed E-state index contributed by atoms with van der Waals surface area (Å²) in [6.07, 6.45) is 0. The van der Waals surface area contributed by atoms with E-state index in [2.05, 4.69) is 0 Å². The predicted molar refractivity (Wildman–Crippen MR) is 220 cm³/mol. The molecule has 1 nitrogen and oxygen atoms in total. The molecule has 0 saturated heterocycles. The smallest absolute Gasteiger partial charge is 0.0726 e. The van der Waals surface area contributed by atoms with E-state index in [4.69, 9.17) is 20.6 Å². The average molecular weight is 703 g/mol. The van der Waals surface area contributed by atoms with Crippen molar-refractivity contribution >= 4 is 17.1 Å². The van der Waals surface area contributed by atoms with Crippen molar-refractivity contribution in [3.63, 3.8) is 0 Å². The van der Waals surface area contributed by atoms with Gasteiger partial charge in [0, 0.05) is 22.5 Å². The quantitative estimate of drug-likeness (QED) is 0.176. The molecule has 53 heavy (non-hydrogen) atoms. The lowest BCUT2D eigenvalue weighted by atomic mass is 9.70. The molecule has 1 heteroatoms. The summed E-state index contributed by atoms with van der Waals surface area (Å²) in [4.78, 5) is 0.725. The summed E-state index contributed by atoms with van der Waals surface area (Å²) in [5.74, 6) is 0. The third-order valence-corrected chi connectivity index (χ3v) is 10.3. The van der Waals surface area contributed by atoms with Crippen molar-refractivity contribution in [3.05, 3.63) is 221 Å². The van der Waals surface area contributed by atoms with Crippen LogP contribution in [0.5, 0.6) is 0 Å². The standard InChI is InChI=1S/C52H37N/c1-51(2)45-20-10-6-16-39(45)43-30-28-37(32-49(43)51)53(36-26-24-35(25-27-36)34-14-4-3-5-15-34)38-29-31-44-42-19-9-13-23-48(42)52(50(44)33-38)46-21-11-7-17-40(46)41-18-8-12-22-47(41)52/h3-33H,1-2H3/i3D,4D,5D,6D,7D,8D,9D,10D,11D,12D,13D,14D,15D,16D,17D,18D,19D,20D,24D,25D,26D,27D,28D,29D,30D,31D,32D. The molecule has 8 aromatic rings. The zero-order chi connectivity index (χ0) is 58.8. The van der Waals surface area contributed by atoms with E-state index in [0.717, 1.165) is 11.0 Å². The van der Waals surface area contributed by atoms with Crippen LogP contribution in [0.1, 0.15) is 84.2 Å². The number of hydrogen-bond acceptors (Lipinski definition) is 1. The van der Waals surface area contributed by atoms with Gasteiger partial charge in [-0.3, -0.25) is 0 Å². The molecule has 0 fully saturated rings. The van der Waals surface area contributed by atoms with Crippen molar-refractivity contribution in [2.24, 2.45) is 0 Å². The first-order valence-electron chi connectivity index (χ1n) is 30.0. The van der Waals surface area contributed by atoms with Crippen LogP contribution in [0, 0.1) is 0 Å². The molecule has 0 saturated carbocycles. The Morgan fingerprint density at radius 1 is 0.377 bits per heavy atom. The Kier molecular flexibility index (Phi) is 2.88. The van der Waals surface area contributed by atoms with Crippen LogP contribution in [0.4, 0.5) is 17.1 Å². The molecule has 0 unspecified atom stereocenters. The largest absolute Gasteiger partial charge is 0.310 e. The van der Waals surface area contributed by atoms with Gasteiger partial charge in [0.1, 0.15) is 0 Å². The van der Waals surface area contributed by atoms with Crippen molar-refractivity contribution in [1.82, 2.24) is 0 Å². The number of hydrogen-bond donors (Lipinski definition) is 0. The highest BCUT2D eigenvalue weighted by atomic mass is 15.1. The molecule has 0 bridgehead atoms. The minimum atomic E-state index is -2.19. The third kappa shape index (κ3) is 4.08. The van der Waals surface area contributed by atoms with E-state index >= 15 is 0 Å². The molecule has 0 heterocycles. The Balaban J connectivity index is 1.36. The second kappa shape index (κ2) is 11.0. The number of anilines is 3. The molecule has 1 spiro atoms. The van der Waals surface area contributed by atoms with Crippen molar-refractivity contribution in [2.75, 3.05) is 4.90 Å². The zero-order valence-corrected chi connectivity index (χ0v) is 27.8. The SMILES string of the molecule is [2H]c1cc2c(c([2H])c1[2H])-c1c(cc([2H])c([2H])c1[2H])C21c2cc([2H])c([2H])c([2H])c2-c2c1cc(N(c1c([2H])c([2H])c(-c3c([2H])c([2H])c([2H])c([2H])c3[2H])c([2H])c1[2H])c1c([2H])c([2H])c3c(c1[2H])C(C)(C)c1c([2H])c([2H])c([2H])c([2H])c1-3)c([2H])c2[2H]. The fourth-order valence-electron chi connectivity index (χ4n) is 7.97. The number of rotatable bonds is 4. The van der Waals surface area contributed by atoms with E-state index in [1.54, 1.807) is 0 Å². The van der Waals surface area contributed by atoms with Crippen molar-refractivity contribution in [3.8, 4) is 44.5 Å². The maximum absolute atomic E-state index is 10.2. The topological polar surface area (TPSA) is 3.24 Å². The van der Waals surface area contributed by atoms with Gasteiger partial charge >= 0.3 is 0 Å². The molecule has 3 aliphatic rings. The Hall–Kier alpha value is -6.44. The van der Waals surface area contributed by atoms with Crippen molar-refractivity contribution in [2.45, 2.75) is 24.7 Å². The summed E-state index contributed by atoms with van der Waals surface area (Å²) in [7, 11) is 0. The lowest BCUT2D eigenvalue weighted by Crippen LogP contribution is -2.26. The normalized spacial score (nSPS) is 21.7. The van der Waals surface area contributed by atoms with Crippen LogP contribution in [-0.4, -0.2) is 0 Å². The first-order chi connectivity index (χ1) is 37.3. The van der Waals surface area contributed by atoms with Crippen LogP contribution in [0.25, 0.3) is 44.5 Å². The molecule has 0 aliphatic heterocycles. The average Bonchev–Trinajstić information content (AvgIpc) is 4.07. The van der Waals surface area contributed by atoms with Crippen LogP contribution in [0.2, 0.25) is 0 Å². The Bertz CT molecular complexity index is 4170. The molecule has 0 aromatic heterocycles. The first kappa shape index (κ1) is 13.8. The van der Waals surface area contributed by atoms with Crippen molar-refractivity contribution < 1.29 is 37.0 Å². The van der Waals surface area contributed by atoms with Gasteiger partial charge in [-0.05, 0) is 114 Å². The van der Waals surface area contributed by atoms with E-state index in [1.165, 1.54) is 32.0 Å². The van der Waals surface area contributed by atoms with Gasteiger partial charge in [0.05, 0.1) is 42.4 Å². The summed E-state index contributed by atoms with van der Waals surface area (Å²) in [6.45, 7) is 2.99. The Labute approximate surface area is 349 Å². The van der Waals surface area contributed by atoms with Crippen LogP contribution < -0.4 is 4.90 Å². The van der Waals surface area contributed by atoms with Crippen molar-refractivity contribution in [1.29, 1.82) is 0 Å². The maximum atomic E-state index is 10.2. The fraction of sp³-hybridized carbons (Fsp3) is 0.0769. The fourth-order valence-corrected chi connectivity index (χ4v) is 7.97. The summed E-state index contributed by atoms with van der Waals surface area (Å²) >= 11 is 0. The van der Waals surface area contributed by atoms with Crippen LogP contribution in [-0.2, 0) is 10.8 Å². The highest BCUT2D eigenvalue weighted by Crippen LogP contribution is 2.63. The molecular weight excluding hydrogens is 639 g/mol. The van der Waals surface area contributed by atoms with E-state index in [0.29, 0.717) is 0 Å². The molecular formula is C52H37N. The molecule has 3 aliphatic carbocycles. The third-order valence-electron chi connectivity index (χ3n) is 10.3. The zero-order valence-electron chi connectivity index (χ0n) is 54.8. The minimum Gasteiger partial charge on any atom is -0.310 e. The number of nitrogens with zero attached hydrogens (tertiary/aromatic N) is 1. The van der Waals surface area contributed by atoms with Gasteiger partial charge in [0.2, 0.25) is 0 Å². The van der Waals surface area contributed by atoms with E-state index in [1.807, 2.05) is 0 Å². The molecule has 250 valence electrons. The Morgan fingerprint density at radius 3 is 1.45 bits per heavy atom. The van der Waals surface area contributed by atoms with Gasteiger partial charge in [0.15, 0.2) is 0 Å². The Morgan fingerprint density at radius 2 is 0.830 bits per heavy atom. The maximum Gasteiger partial charge on any atom is 0.0726 e. The monoisotopic (exact) mass is 702 g/mol. The highest BCUT2D eigenvalue weighted by Gasteiger charge is 2.51. The molecule has 11 rings (SSSR count). The van der Waals surface area contributed by atoms with Crippen LogP contribution in [0.15, 0.2) is 187 Å². The lowest BCUT2D eigenvalue weighted by Gasteiger charge is -2.32. The number of fused-ring (bicyclic) bond motifs is 13. The number of benzene rings is 8. The lowest BCUT2D eigenvalue weighted by molar-refractivity contribution is 0.660. The first-order valence-corrected chi connectivity index (χ1v) is 16.5. The predicted octanol–water partition coefficient (Wildman–Crippen LogP) is 13.5. The molecule has 0 N–H and O–H groups in total. The van der Waals surface area contributed by atoms with Crippen LogP contribution >= 0.6 is 0 Å². The van der Waals surface area contributed by atoms with Gasteiger partial charge in [0.25, 0.3) is 0 Å². The molecule has 0 amide bonds. The molecule has 0 atom stereocenters. The summed E-state index contributed by atoms with van der Waals surface area (Å²) in [6, 6.07) is -16.1. The highest BCUT2D eigenvalue weighted by molar-refractivity contribution is 5.96.